The van der Waals surface area contributed by atoms with E-state index in [2.05, 4.69) is 25.0 Å². The van der Waals surface area contributed by atoms with Crippen LogP contribution in [0.4, 0.5) is 0 Å². The van der Waals surface area contributed by atoms with E-state index in [-0.39, 0.29) is 0 Å². The lowest BCUT2D eigenvalue weighted by atomic mass is 10.3. The average Bonchev–Trinajstić information content (AvgIpc) is 2.39. The number of halogens is 1. The maximum Gasteiger partial charge on any atom is 0.344 e. The molecule has 0 aromatic heterocycles. The first-order valence-corrected chi connectivity index (χ1v) is 6.25. The molecule has 5 nitrogen and oxygen atoms in total. The fraction of sp³-hybridized carbons (Fsp3) is 0.286. The van der Waals surface area contributed by atoms with Gasteiger partial charge < -0.3 is 4.90 Å². The molecule has 2 aliphatic rings. The highest BCUT2D eigenvalue weighted by molar-refractivity contribution is 9.11. The van der Waals surface area contributed by atoms with Gasteiger partial charge in [-0.25, -0.2) is 0 Å². The van der Waals surface area contributed by atoms with Crippen molar-refractivity contribution in [2.45, 2.75) is 6.92 Å². The molecule has 0 fully saturated rings. The predicted molar refractivity (Wildman–Crippen MR) is 57.0 cm³/mol. The lowest BCUT2D eigenvalue weighted by Gasteiger charge is -2.24. The molecule has 0 amide bonds. The van der Waals surface area contributed by atoms with Gasteiger partial charge in [-0.3, -0.25) is 4.72 Å². The Hall–Kier alpha value is -0.820. The van der Waals surface area contributed by atoms with Gasteiger partial charge in [0, 0.05) is 6.54 Å². The number of nitrogens with one attached hydrogen (secondary N) is 1. The van der Waals surface area contributed by atoms with Crippen LogP contribution in [0, 0.1) is 0 Å². The molecule has 0 atom stereocenters. The second-order valence-electron chi connectivity index (χ2n) is 2.81. The molecular weight excluding hydrogens is 270 g/mol. The van der Waals surface area contributed by atoms with E-state index in [1.165, 1.54) is 0 Å². The molecule has 0 aromatic rings. The van der Waals surface area contributed by atoms with Crippen LogP contribution in [-0.2, 0) is 10.2 Å². The smallest absolute Gasteiger partial charge is 0.318 e. The second kappa shape index (κ2) is 3.09. The van der Waals surface area contributed by atoms with Gasteiger partial charge in [-0.15, -0.1) is 4.40 Å². The van der Waals surface area contributed by atoms with Crippen LogP contribution < -0.4 is 4.72 Å². The fourth-order valence-corrected chi connectivity index (χ4v) is 2.78. The van der Waals surface area contributed by atoms with Gasteiger partial charge in [-0.05, 0) is 35.0 Å². The van der Waals surface area contributed by atoms with Crippen molar-refractivity contribution in [2.75, 3.05) is 6.54 Å². The Morgan fingerprint density at radius 1 is 1.57 bits per heavy atom. The van der Waals surface area contributed by atoms with Gasteiger partial charge in [0.2, 0.25) is 0 Å². The Labute approximate surface area is 90.5 Å². The standard InChI is InChI=1S/C7H8BrN3O2S/c1-2-11-6(8)4-3-5-7(11)10-14(12,13)9-5/h3-4,9H,2H2,1H3. The summed E-state index contributed by atoms with van der Waals surface area (Å²) in [5.41, 5.74) is 0.523. The van der Waals surface area contributed by atoms with Gasteiger partial charge >= 0.3 is 10.2 Å². The van der Waals surface area contributed by atoms with Crippen molar-refractivity contribution >= 4 is 32.0 Å². The zero-order valence-electron chi connectivity index (χ0n) is 7.36. The molecule has 1 N–H and O–H groups in total. The summed E-state index contributed by atoms with van der Waals surface area (Å²) in [5, 5.41) is 0. The number of fused-ring (bicyclic) bond motifs is 1. The molecule has 0 radical (unpaired) electrons. The highest BCUT2D eigenvalue weighted by Crippen LogP contribution is 2.24. The molecular formula is C7H8BrN3O2S. The summed E-state index contributed by atoms with van der Waals surface area (Å²) in [4.78, 5) is 1.77. The Morgan fingerprint density at radius 3 is 2.93 bits per heavy atom. The van der Waals surface area contributed by atoms with Gasteiger partial charge in [0.05, 0.1) is 10.3 Å². The third-order valence-corrected chi connectivity index (χ3v) is 3.49. The molecule has 76 valence electrons. The molecule has 0 unspecified atom stereocenters. The van der Waals surface area contributed by atoms with E-state index >= 15 is 0 Å². The van der Waals surface area contributed by atoms with E-state index in [0.717, 1.165) is 4.61 Å². The first-order chi connectivity index (χ1) is 6.53. The van der Waals surface area contributed by atoms with Crippen LogP contribution in [0.5, 0.6) is 0 Å². The van der Waals surface area contributed by atoms with Crippen molar-refractivity contribution < 1.29 is 8.42 Å². The van der Waals surface area contributed by atoms with E-state index in [0.29, 0.717) is 18.1 Å². The van der Waals surface area contributed by atoms with Crippen molar-refractivity contribution in [3.63, 3.8) is 0 Å². The first-order valence-electron chi connectivity index (χ1n) is 4.01. The molecule has 2 rings (SSSR count). The SMILES string of the molecule is CCN1C(Br)=CC=C2NS(=O)(=O)N=C21. The Balaban J connectivity index is 2.51. The normalized spacial score (nSPS) is 23.3. The van der Waals surface area contributed by atoms with Crippen molar-refractivity contribution in [1.82, 2.24) is 9.62 Å². The van der Waals surface area contributed by atoms with Crippen molar-refractivity contribution in [3.05, 3.63) is 22.5 Å². The third kappa shape index (κ3) is 1.46. The molecule has 0 aromatic carbocycles. The number of amidine groups is 1. The molecule has 0 spiro atoms. The second-order valence-corrected chi connectivity index (χ2v) is 4.96. The van der Waals surface area contributed by atoms with Crippen LogP contribution in [-0.4, -0.2) is 25.7 Å². The Morgan fingerprint density at radius 2 is 2.29 bits per heavy atom. The van der Waals surface area contributed by atoms with Gasteiger partial charge in [-0.1, -0.05) is 0 Å². The molecule has 0 saturated heterocycles. The fourth-order valence-electron chi connectivity index (χ4n) is 1.32. The van der Waals surface area contributed by atoms with Crippen LogP contribution in [0.25, 0.3) is 0 Å². The summed E-state index contributed by atoms with van der Waals surface area (Å²) in [7, 11) is -3.52. The predicted octanol–water partition coefficient (Wildman–Crippen LogP) is 0.689. The number of allylic oxidation sites excluding steroid dienone is 2. The summed E-state index contributed by atoms with van der Waals surface area (Å²) >= 11 is 3.33. The molecule has 0 aliphatic carbocycles. The summed E-state index contributed by atoms with van der Waals surface area (Å²) in [6, 6.07) is 0. The summed E-state index contributed by atoms with van der Waals surface area (Å²) in [5.74, 6) is 0.446. The summed E-state index contributed by atoms with van der Waals surface area (Å²) < 4.78 is 29.1. The van der Waals surface area contributed by atoms with Crippen LogP contribution in [0.2, 0.25) is 0 Å². The zero-order valence-corrected chi connectivity index (χ0v) is 9.76. The quantitative estimate of drug-likeness (QED) is 0.718. The molecule has 0 bridgehead atoms. The van der Waals surface area contributed by atoms with Crippen LogP contribution in [0.1, 0.15) is 6.92 Å². The molecule has 2 aliphatic heterocycles. The van der Waals surface area contributed by atoms with E-state index in [1.54, 1.807) is 17.1 Å². The van der Waals surface area contributed by atoms with Gasteiger partial charge in [0.25, 0.3) is 0 Å². The minimum Gasteiger partial charge on any atom is -0.318 e. The number of hydrogen-bond acceptors (Lipinski definition) is 3. The first kappa shape index (κ1) is 9.72. The number of hydrogen-bond donors (Lipinski definition) is 1. The minimum atomic E-state index is -3.52. The van der Waals surface area contributed by atoms with Crippen LogP contribution in [0.15, 0.2) is 26.9 Å². The molecule has 7 heteroatoms. The molecule has 0 saturated carbocycles. The number of rotatable bonds is 1. The van der Waals surface area contributed by atoms with Crippen LogP contribution >= 0.6 is 15.9 Å². The van der Waals surface area contributed by atoms with Crippen molar-refractivity contribution in [1.29, 1.82) is 0 Å². The van der Waals surface area contributed by atoms with E-state index < -0.39 is 10.2 Å². The molecule has 14 heavy (non-hydrogen) atoms. The third-order valence-electron chi connectivity index (χ3n) is 1.90. The van der Waals surface area contributed by atoms with Gasteiger partial charge in [0.1, 0.15) is 0 Å². The van der Waals surface area contributed by atoms with E-state index in [9.17, 15) is 8.42 Å². The summed E-state index contributed by atoms with van der Waals surface area (Å²) in [6.45, 7) is 2.58. The zero-order chi connectivity index (χ0) is 10.3. The highest BCUT2D eigenvalue weighted by atomic mass is 79.9. The minimum absolute atomic E-state index is 0.446. The maximum absolute atomic E-state index is 11.2. The van der Waals surface area contributed by atoms with Crippen molar-refractivity contribution in [2.24, 2.45) is 4.40 Å². The number of nitrogens with zero attached hydrogens (tertiary/aromatic N) is 2. The Kier molecular flexibility index (Phi) is 2.15. The lowest BCUT2D eigenvalue weighted by molar-refractivity contribution is 0.577. The lowest BCUT2D eigenvalue weighted by Crippen LogP contribution is -2.32. The Bertz CT molecular complexity index is 463. The van der Waals surface area contributed by atoms with Gasteiger partial charge in [0.15, 0.2) is 5.84 Å². The van der Waals surface area contributed by atoms with E-state index in [4.69, 9.17) is 0 Å². The topological polar surface area (TPSA) is 61.8 Å². The highest BCUT2D eigenvalue weighted by Gasteiger charge is 2.30. The van der Waals surface area contributed by atoms with Crippen molar-refractivity contribution in [3.8, 4) is 0 Å². The number of likely N-dealkylation sites (N-methyl/N-ethyl adjacent to an activating group) is 1. The van der Waals surface area contributed by atoms with Crippen LogP contribution in [0.3, 0.4) is 0 Å². The largest absolute Gasteiger partial charge is 0.344 e. The van der Waals surface area contributed by atoms with Gasteiger partial charge in [-0.2, -0.15) is 8.42 Å². The monoisotopic (exact) mass is 277 g/mol. The molecule has 2 heterocycles. The van der Waals surface area contributed by atoms with E-state index in [1.807, 2.05) is 6.92 Å². The summed E-state index contributed by atoms with van der Waals surface area (Å²) in [6.07, 6.45) is 3.46. The maximum atomic E-state index is 11.2. The average molecular weight is 278 g/mol.